The molecule has 0 heterocycles. The van der Waals surface area contributed by atoms with Crippen molar-refractivity contribution in [3.05, 3.63) is 59.7 Å². The zero-order valence-electron chi connectivity index (χ0n) is 13.8. The maximum absolute atomic E-state index is 12.3. The number of nitrogens with one attached hydrogen (secondary N) is 1. The molecule has 2 aromatic carbocycles. The van der Waals surface area contributed by atoms with E-state index in [0.717, 1.165) is 11.3 Å². The van der Waals surface area contributed by atoms with E-state index in [9.17, 15) is 9.59 Å². The van der Waals surface area contributed by atoms with Gasteiger partial charge in [-0.1, -0.05) is 37.3 Å². The van der Waals surface area contributed by atoms with Crippen LogP contribution >= 0.6 is 0 Å². The first-order valence-corrected chi connectivity index (χ1v) is 7.73. The monoisotopic (exact) mass is 327 g/mol. The lowest BCUT2D eigenvalue weighted by molar-refractivity contribution is -0.136. The van der Waals surface area contributed by atoms with Gasteiger partial charge in [-0.2, -0.15) is 0 Å². The van der Waals surface area contributed by atoms with Crippen molar-refractivity contribution in [3.63, 3.8) is 0 Å². The smallest absolute Gasteiger partial charge is 0.307 e. The van der Waals surface area contributed by atoms with Crippen LogP contribution in [0.15, 0.2) is 48.5 Å². The van der Waals surface area contributed by atoms with Crippen LogP contribution in [-0.2, 0) is 16.0 Å². The van der Waals surface area contributed by atoms with Crippen LogP contribution in [0.2, 0.25) is 0 Å². The molecule has 0 radical (unpaired) electrons. The molecule has 0 saturated heterocycles. The van der Waals surface area contributed by atoms with Crippen molar-refractivity contribution in [2.45, 2.75) is 25.7 Å². The van der Waals surface area contributed by atoms with Crippen molar-refractivity contribution in [1.29, 1.82) is 0 Å². The topological polar surface area (TPSA) is 75.6 Å². The molecule has 0 spiro atoms. The lowest BCUT2D eigenvalue weighted by Gasteiger charge is -2.14. The number of hydrogen-bond donors (Lipinski definition) is 2. The Bertz CT molecular complexity index is 727. The summed E-state index contributed by atoms with van der Waals surface area (Å²) in [6.45, 7) is 1.97. The Labute approximate surface area is 141 Å². The zero-order chi connectivity index (χ0) is 17.5. The number of methoxy groups -OCH3 is 1. The van der Waals surface area contributed by atoms with Crippen molar-refractivity contribution in [3.8, 4) is 5.75 Å². The number of carbonyl (C=O) groups excluding carboxylic acids is 1. The third-order valence-corrected chi connectivity index (χ3v) is 3.79. The molecule has 5 heteroatoms. The van der Waals surface area contributed by atoms with Gasteiger partial charge in [-0.15, -0.1) is 0 Å². The average molecular weight is 327 g/mol. The van der Waals surface area contributed by atoms with Crippen LogP contribution in [-0.4, -0.2) is 24.1 Å². The molecule has 1 amide bonds. The molecule has 2 aromatic rings. The minimum atomic E-state index is -0.929. The maximum Gasteiger partial charge on any atom is 0.307 e. The van der Waals surface area contributed by atoms with Gasteiger partial charge >= 0.3 is 5.97 Å². The average Bonchev–Trinajstić information content (AvgIpc) is 2.56. The van der Waals surface area contributed by atoms with E-state index in [-0.39, 0.29) is 18.2 Å². The van der Waals surface area contributed by atoms with E-state index in [1.807, 2.05) is 31.2 Å². The Morgan fingerprint density at radius 3 is 2.62 bits per heavy atom. The van der Waals surface area contributed by atoms with Crippen LogP contribution in [0.4, 0.5) is 5.69 Å². The van der Waals surface area contributed by atoms with E-state index < -0.39 is 5.97 Å². The predicted molar refractivity (Wildman–Crippen MR) is 92.4 cm³/mol. The second kappa shape index (κ2) is 8.15. The van der Waals surface area contributed by atoms with Crippen LogP contribution in [0.25, 0.3) is 0 Å². The Morgan fingerprint density at radius 2 is 1.92 bits per heavy atom. The molecule has 1 atom stereocenters. The summed E-state index contributed by atoms with van der Waals surface area (Å²) in [6.07, 6.45) is 0.177. The number of amides is 1. The number of carbonyl (C=O) groups is 2. The standard InChI is InChI=1S/C19H21NO4/c1-13(14-7-5-8-16(11-14)24-2)10-18(21)20-17-9-4-3-6-15(17)12-19(22)23/h3-9,11,13H,10,12H2,1-2H3,(H,20,21)(H,22,23). The minimum absolute atomic E-state index is 0.0201. The van der Waals surface area contributed by atoms with Crippen LogP contribution in [0.3, 0.4) is 0 Å². The highest BCUT2D eigenvalue weighted by molar-refractivity contribution is 5.92. The van der Waals surface area contributed by atoms with E-state index in [4.69, 9.17) is 9.84 Å². The normalized spacial score (nSPS) is 11.6. The molecule has 2 N–H and O–H groups in total. The molecule has 0 aliphatic rings. The number of carboxylic acid groups (broad SMARTS) is 1. The maximum atomic E-state index is 12.3. The highest BCUT2D eigenvalue weighted by Gasteiger charge is 2.14. The molecule has 24 heavy (non-hydrogen) atoms. The second-order valence-corrected chi connectivity index (χ2v) is 5.66. The predicted octanol–water partition coefficient (Wildman–Crippen LogP) is 3.45. The summed E-state index contributed by atoms with van der Waals surface area (Å²) >= 11 is 0. The number of carboxylic acids is 1. The number of hydrogen-bond acceptors (Lipinski definition) is 3. The van der Waals surface area contributed by atoms with Gasteiger partial charge in [0, 0.05) is 12.1 Å². The van der Waals surface area contributed by atoms with E-state index >= 15 is 0 Å². The summed E-state index contributed by atoms with van der Waals surface area (Å²) in [4.78, 5) is 23.2. The highest BCUT2D eigenvalue weighted by Crippen LogP contribution is 2.24. The van der Waals surface area contributed by atoms with Gasteiger partial charge in [0.2, 0.25) is 5.91 Å². The summed E-state index contributed by atoms with van der Waals surface area (Å²) in [5.41, 5.74) is 2.15. The number of para-hydroxylation sites is 1. The highest BCUT2D eigenvalue weighted by atomic mass is 16.5. The van der Waals surface area contributed by atoms with E-state index in [2.05, 4.69) is 5.32 Å². The summed E-state index contributed by atoms with van der Waals surface area (Å²) in [5, 5.41) is 11.8. The number of benzene rings is 2. The lowest BCUT2D eigenvalue weighted by Crippen LogP contribution is -2.16. The summed E-state index contributed by atoms with van der Waals surface area (Å²) < 4.78 is 5.20. The molecule has 5 nitrogen and oxygen atoms in total. The molecule has 0 bridgehead atoms. The van der Waals surface area contributed by atoms with Crippen LogP contribution in [0.5, 0.6) is 5.75 Å². The van der Waals surface area contributed by atoms with E-state index in [1.165, 1.54) is 0 Å². The Balaban J connectivity index is 2.04. The van der Waals surface area contributed by atoms with Gasteiger partial charge < -0.3 is 15.2 Å². The Hall–Kier alpha value is -2.82. The van der Waals surface area contributed by atoms with Gasteiger partial charge in [-0.3, -0.25) is 9.59 Å². The third kappa shape index (κ3) is 4.84. The zero-order valence-corrected chi connectivity index (χ0v) is 13.8. The Morgan fingerprint density at radius 1 is 1.17 bits per heavy atom. The quantitative estimate of drug-likeness (QED) is 0.816. The molecule has 0 aromatic heterocycles. The fourth-order valence-corrected chi connectivity index (χ4v) is 2.50. The first-order chi connectivity index (χ1) is 11.5. The number of aliphatic carboxylic acids is 1. The minimum Gasteiger partial charge on any atom is -0.497 e. The van der Waals surface area contributed by atoms with Gasteiger partial charge in [0.05, 0.1) is 13.5 Å². The Kier molecular flexibility index (Phi) is 5.95. The molecular formula is C19H21NO4. The van der Waals surface area contributed by atoms with Crippen molar-refractivity contribution < 1.29 is 19.4 Å². The summed E-state index contributed by atoms with van der Waals surface area (Å²) in [5.74, 6) is -0.303. The molecule has 1 unspecified atom stereocenters. The van der Waals surface area contributed by atoms with Crippen LogP contribution in [0.1, 0.15) is 30.4 Å². The van der Waals surface area contributed by atoms with Gasteiger partial charge in [-0.05, 0) is 35.2 Å². The van der Waals surface area contributed by atoms with Crippen molar-refractivity contribution in [1.82, 2.24) is 0 Å². The number of ether oxygens (including phenoxy) is 1. The van der Waals surface area contributed by atoms with Crippen LogP contribution < -0.4 is 10.1 Å². The first kappa shape index (κ1) is 17.5. The lowest BCUT2D eigenvalue weighted by atomic mass is 9.97. The molecule has 0 aliphatic carbocycles. The molecule has 0 aliphatic heterocycles. The molecule has 0 saturated carbocycles. The first-order valence-electron chi connectivity index (χ1n) is 7.73. The number of rotatable bonds is 7. The van der Waals surface area contributed by atoms with Gasteiger partial charge in [0.25, 0.3) is 0 Å². The van der Waals surface area contributed by atoms with E-state index in [0.29, 0.717) is 17.7 Å². The summed E-state index contributed by atoms with van der Waals surface area (Å²) in [7, 11) is 1.61. The molecular weight excluding hydrogens is 306 g/mol. The van der Waals surface area contributed by atoms with Crippen molar-refractivity contribution in [2.24, 2.45) is 0 Å². The second-order valence-electron chi connectivity index (χ2n) is 5.66. The van der Waals surface area contributed by atoms with Crippen molar-refractivity contribution in [2.75, 3.05) is 12.4 Å². The number of anilines is 1. The van der Waals surface area contributed by atoms with Crippen LogP contribution in [0, 0.1) is 0 Å². The van der Waals surface area contributed by atoms with Gasteiger partial charge in [0.15, 0.2) is 0 Å². The van der Waals surface area contributed by atoms with Crippen molar-refractivity contribution >= 4 is 17.6 Å². The molecule has 0 fully saturated rings. The fourth-order valence-electron chi connectivity index (χ4n) is 2.50. The fraction of sp³-hybridized carbons (Fsp3) is 0.263. The van der Waals surface area contributed by atoms with E-state index in [1.54, 1.807) is 31.4 Å². The molecule has 2 rings (SSSR count). The van der Waals surface area contributed by atoms with Gasteiger partial charge in [0.1, 0.15) is 5.75 Å². The third-order valence-electron chi connectivity index (χ3n) is 3.79. The SMILES string of the molecule is COc1cccc(C(C)CC(=O)Nc2ccccc2CC(=O)O)c1. The molecule has 126 valence electrons. The van der Waals surface area contributed by atoms with Gasteiger partial charge in [-0.25, -0.2) is 0 Å². The summed E-state index contributed by atoms with van der Waals surface area (Å²) in [6, 6.07) is 14.6. The largest absolute Gasteiger partial charge is 0.497 e.